The van der Waals surface area contributed by atoms with Gasteiger partial charge in [-0.3, -0.25) is 0 Å². The SMILES string of the molecule is CC.CCCN(CC)C(C)C.CN1CCCCC(F)(F)C1. The summed E-state index contributed by atoms with van der Waals surface area (Å²) >= 11 is 0. The van der Waals surface area contributed by atoms with Crippen molar-refractivity contribution in [1.82, 2.24) is 9.80 Å². The topological polar surface area (TPSA) is 6.48 Å². The minimum Gasteiger partial charge on any atom is -0.301 e. The second kappa shape index (κ2) is 13.4. The molecule has 2 nitrogen and oxygen atoms in total. The fourth-order valence-corrected chi connectivity index (χ4v) is 2.39. The zero-order valence-electron chi connectivity index (χ0n) is 15.4. The third-order valence-electron chi connectivity index (χ3n) is 3.48. The van der Waals surface area contributed by atoms with E-state index in [2.05, 4.69) is 32.6 Å². The molecule has 0 aromatic rings. The lowest BCUT2D eigenvalue weighted by Crippen LogP contribution is -2.31. The van der Waals surface area contributed by atoms with E-state index in [1.807, 2.05) is 13.8 Å². The molecule has 21 heavy (non-hydrogen) atoms. The molecule has 0 aromatic carbocycles. The smallest absolute Gasteiger partial charge is 0.260 e. The van der Waals surface area contributed by atoms with Crippen molar-refractivity contribution < 1.29 is 8.78 Å². The van der Waals surface area contributed by atoms with Crippen LogP contribution >= 0.6 is 0 Å². The van der Waals surface area contributed by atoms with Gasteiger partial charge in [0, 0.05) is 12.5 Å². The Kier molecular flexibility index (Phi) is 14.8. The Labute approximate surface area is 131 Å². The molecule has 0 N–H and O–H groups in total. The molecule has 0 radical (unpaired) electrons. The first-order valence-electron chi connectivity index (χ1n) is 8.62. The van der Waals surface area contributed by atoms with Gasteiger partial charge in [0.15, 0.2) is 0 Å². The quantitative estimate of drug-likeness (QED) is 0.729. The summed E-state index contributed by atoms with van der Waals surface area (Å²) in [6, 6.07) is 0.718. The molecule has 0 aromatic heterocycles. The Hall–Kier alpha value is -0.220. The van der Waals surface area contributed by atoms with Crippen LogP contribution in [0.1, 0.15) is 67.2 Å². The highest BCUT2D eigenvalue weighted by molar-refractivity contribution is 4.74. The molecule has 0 saturated carbocycles. The zero-order valence-corrected chi connectivity index (χ0v) is 15.4. The summed E-state index contributed by atoms with van der Waals surface area (Å²) in [7, 11) is 1.75. The van der Waals surface area contributed by atoms with Crippen LogP contribution in [0.4, 0.5) is 8.78 Å². The fraction of sp³-hybridized carbons (Fsp3) is 1.00. The van der Waals surface area contributed by atoms with Gasteiger partial charge < -0.3 is 9.80 Å². The lowest BCUT2D eigenvalue weighted by atomic mass is 10.2. The van der Waals surface area contributed by atoms with Gasteiger partial charge in [-0.1, -0.05) is 27.7 Å². The minimum atomic E-state index is -2.44. The summed E-state index contributed by atoms with van der Waals surface area (Å²) in [5.41, 5.74) is 0. The molecular formula is C17H38F2N2. The van der Waals surface area contributed by atoms with Crippen molar-refractivity contribution in [1.29, 1.82) is 0 Å². The molecule has 0 atom stereocenters. The number of halogens is 2. The third kappa shape index (κ3) is 13.2. The van der Waals surface area contributed by atoms with E-state index in [0.717, 1.165) is 19.0 Å². The standard InChI is InChI=1S/C8H19N.C7H13F2N.C2H6/c1-5-7-9(6-2)8(3)4;1-10-5-3-2-4-7(8,9)6-10;1-2/h8H,5-7H2,1-4H3;2-6H2,1H3;1-2H3. The molecule has 4 heteroatoms. The Morgan fingerprint density at radius 3 is 2.10 bits per heavy atom. The van der Waals surface area contributed by atoms with Crippen LogP contribution in [0, 0.1) is 0 Å². The first-order valence-corrected chi connectivity index (χ1v) is 8.62. The first-order chi connectivity index (χ1) is 9.82. The molecule has 0 spiro atoms. The molecule has 1 heterocycles. The Balaban J connectivity index is 0. The van der Waals surface area contributed by atoms with Crippen LogP contribution in [-0.2, 0) is 0 Å². The van der Waals surface area contributed by atoms with Crippen LogP contribution in [0.3, 0.4) is 0 Å². The first kappa shape index (κ1) is 23.1. The van der Waals surface area contributed by atoms with Gasteiger partial charge in [0.2, 0.25) is 0 Å². The van der Waals surface area contributed by atoms with E-state index in [9.17, 15) is 8.78 Å². The summed E-state index contributed by atoms with van der Waals surface area (Å²) in [4.78, 5) is 4.17. The molecule has 0 amide bonds. The second-order valence-corrected chi connectivity index (χ2v) is 5.77. The highest BCUT2D eigenvalue weighted by atomic mass is 19.3. The molecule has 1 aliphatic heterocycles. The number of hydrogen-bond acceptors (Lipinski definition) is 2. The molecule has 0 bridgehead atoms. The van der Waals surface area contributed by atoms with Gasteiger partial charge in [-0.25, -0.2) is 8.78 Å². The van der Waals surface area contributed by atoms with Crippen molar-refractivity contribution in [2.75, 3.05) is 33.2 Å². The molecule has 0 aliphatic carbocycles. The summed E-state index contributed by atoms with van der Waals surface area (Å²) in [5.74, 6) is -2.44. The third-order valence-corrected chi connectivity index (χ3v) is 3.48. The Morgan fingerprint density at radius 1 is 1.14 bits per heavy atom. The van der Waals surface area contributed by atoms with Crippen molar-refractivity contribution in [2.45, 2.75) is 79.2 Å². The molecule has 1 aliphatic rings. The van der Waals surface area contributed by atoms with Gasteiger partial charge in [-0.15, -0.1) is 0 Å². The predicted octanol–water partition coefficient (Wildman–Crippen LogP) is 4.89. The van der Waals surface area contributed by atoms with Crippen LogP contribution in [0.2, 0.25) is 0 Å². The van der Waals surface area contributed by atoms with E-state index in [1.54, 1.807) is 11.9 Å². The summed E-state index contributed by atoms with van der Waals surface area (Å²) in [6.07, 6.45) is 2.91. The number of hydrogen-bond donors (Lipinski definition) is 0. The van der Waals surface area contributed by atoms with E-state index >= 15 is 0 Å². The lowest BCUT2D eigenvalue weighted by molar-refractivity contribution is -0.0245. The Morgan fingerprint density at radius 2 is 1.71 bits per heavy atom. The normalized spacial score (nSPS) is 18.4. The highest BCUT2D eigenvalue weighted by Gasteiger charge is 2.31. The number of nitrogens with zero attached hydrogens (tertiary/aromatic N) is 2. The zero-order chi connectivity index (χ0) is 16.9. The predicted molar refractivity (Wildman–Crippen MR) is 90.3 cm³/mol. The number of likely N-dealkylation sites (tertiary alicyclic amines) is 1. The molecule has 1 rings (SSSR count). The van der Waals surface area contributed by atoms with Crippen LogP contribution in [0.25, 0.3) is 0 Å². The van der Waals surface area contributed by atoms with Crippen molar-refractivity contribution in [3.05, 3.63) is 0 Å². The van der Waals surface area contributed by atoms with Crippen LogP contribution < -0.4 is 0 Å². The van der Waals surface area contributed by atoms with Gasteiger partial charge in [-0.2, -0.15) is 0 Å². The average molecular weight is 309 g/mol. The van der Waals surface area contributed by atoms with Gasteiger partial charge >= 0.3 is 0 Å². The van der Waals surface area contributed by atoms with Gasteiger partial charge in [0.1, 0.15) is 0 Å². The number of alkyl halides is 2. The largest absolute Gasteiger partial charge is 0.301 e. The van der Waals surface area contributed by atoms with Crippen molar-refractivity contribution in [2.24, 2.45) is 0 Å². The van der Waals surface area contributed by atoms with Crippen LogP contribution in [0.15, 0.2) is 0 Å². The molecule has 1 saturated heterocycles. The maximum absolute atomic E-state index is 12.7. The fourth-order valence-electron chi connectivity index (χ4n) is 2.39. The molecule has 1 fully saturated rings. The molecular weight excluding hydrogens is 270 g/mol. The summed E-state index contributed by atoms with van der Waals surface area (Å²) in [6.45, 7) is 16.1. The molecule has 0 unspecified atom stereocenters. The average Bonchev–Trinajstić information content (AvgIpc) is 2.58. The van der Waals surface area contributed by atoms with Crippen LogP contribution in [-0.4, -0.2) is 55.0 Å². The molecule has 130 valence electrons. The number of rotatable bonds is 4. The second-order valence-electron chi connectivity index (χ2n) is 5.77. The van der Waals surface area contributed by atoms with E-state index in [4.69, 9.17) is 0 Å². The Bertz CT molecular complexity index is 221. The van der Waals surface area contributed by atoms with Crippen molar-refractivity contribution >= 4 is 0 Å². The highest BCUT2D eigenvalue weighted by Crippen LogP contribution is 2.24. The monoisotopic (exact) mass is 308 g/mol. The minimum absolute atomic E-state index is 0.0625. The van der Waals surface area contributed by atoms with Gasteiger partial charge in [0.25, 0.3) is 5.92 Å². The van der Waals surface area contributed by atoms with Crippen molar-refractivity contribution in [3.8, 4) is 0 Å². The van der Waals surface area contributed by atoms with Gasteiger partial charge in [0.05, 0.1) is 6.54 Å². The van der Waals surface area contributed by atoms with Gasteiger partial charge in [-0.05, 0) is 59.8 Å². The van der Waals surface area contributed by atoms with Crippen LogP contribution in [0.5, 0.6) is 0 Å². The van der Waals surface area contributed by atoms with E-state index in [1.165, 1.54) is 19.5 Å². The van der Waals surface area contributed by atoms with Crippen molar-refractivity contribution in [3.63, 3.8) is 0 Å². The summed E-state index contributed by atoms with van der Waals surface area (Å²) < 4.78 is 25.3. The van der Waals surface area contributed by atoms with E-state index in [-0.39, 0.29) is 13.0 Å². The van der Waals surface area contributed by atoms with E-state index in [0.29, 0.717) is 6.42 Å². The maximum atomic E-state index is 12.7. The lowest BCUT2D eigenvalue weighted by Gasteiger charge is -2.23. The maximum Gasteiger partial charge on any atom is 0.260 e. The van der Waals surface area contributed by atoms with E-state index < -0.39 is 5.92 Å². The summed E-state index contributed by atoms with van der Waals surface area (Å²) in [5, 5.41) is 0.